The molecule has 1 amide bonds. The van der Waals surface area contributed by atoms with E-state index < -0.39 is 6.10 Å². The van der Waals surface area contributed by atoms with Crippen LogP contribution < -0.4 is 10.1 Å². The van der Waals surface area contributed by atoms with E-state index in [4.69, 9.17) is 18.9 Å². The summed E-state index contributed by atoms with van der Waals surface area (Å²) in [4.78, 5) is 14.7. The summed E-state index contributed by atoms with van der Waals surface area (Å²) in [7, 11) is 0. The van der Waals surface area contributed by atoms with Gasteiger partial charge < -0.3 is 34.3 Å². The van der Waals surface area contributed by atoms with Crippen LogP contribution in [0.25, 0.3) is 0 Å². The van der Waals surface area contributed by atoms with Gasteiger partial charge >= 0.3 is 0 Å². The smallest absolute Gasteiger partial charge is 0.248 e. The van der Waals surface area contributed by atoms with Crippen LogP contribution in [0.2, 0.25) is 0 Å². The standard InChI is InChI=1S/C40H46N2O6/c43-37(26-41-36-17-15-32-13-7-8-14-35(32)40(36)48-29-39(44)42-20-23-45-24-21-42)33-16-18-38(47-28-31-11-5-2-6-12-31)34(25-33)19-22-46-27-30-9-3-1-4-10-30/h1-14,16,18,25,36-37,40-41,43H,15,17,19-24,26-29H2/t36-,37-,40?/m0/s1. The quantitative estimate of drug-likeness (QED) is 0.163. The first-order valence-electron chi connectivity index (χ1n) is 17.0. The lowest BCUT2D eigenvalue weighted by Crippen LogP contribution is -2.45. The summed E-state index contributed by atoms with van der Waals surface area (Å²) < 4.78 is 24.0. The predicted molar refractivity (Wildman–Crippen MR) is 185 cm³/mol. The molecule has 4 aromatic rings. The molecule has 1 saturated heterocycles. The minimum atomic E-state index is -0.745. The van der Waals surface area contributed by atoms with Crippen LogP contribution in [-0.4, -0.2) is 68.0 Å². The third-order valence-corrected chi connectivity index (χ3v) is 9.11. The average Bonchev–Trinajstić information content (AvgIpc) is 3.15. The minimum Gasteiger partial charge on any atom is -0.489 e. The van der Waals surface area contributed by atoms with Crippen molar-refractivity contribution in [2.75, 3.05) is 46.1 Å². The van der Waals surface area contributed by atoms with E-state index in [-0.39, 0.29) is 24.7 Å². The third-order valence-electron chi connectivity index (χ3n) is 9.11. The van der Waals surface area contributed by atoms with Crippen molar-refractivity contribution in [3.8, 4) is 5.75 Å². The summed E-state index contributed by atoms with van der Waals surface area (Å²) in [5.74, 6) is 0.767. The normalized spacial score (nSPS) is 18.2. The summed E-state index contributed by atoms with van der Waals surface area (Å²) in [5.41, 5.74) is 6.36. The number of hydrogen-bond acceptors (Lipinski definition) is 7. The zero-order valence-corrected chi connectivity index (χ0v) is 27.5. The molecular formula is C40H46N2O6. The Morgan fingerprint density at radius 2 is 1.60 bits per heavy atom. The van der Waals surface area contributed by atoms with Gasteiger partial charge in [0.25, 0.3) is 0 Å². The molecule has 1 unspecified atom stereocenters. The van der Waals surface area contributed by atoms with Crippen LogP contribution in [0.4, 0.5) is 0 Å². The number of rotatable bonds is 15. The lowest BCUT2D eigenvalue weighted by Gasteiger charge is -2.35. The van der Waals surface area contributed by atoms with Crippen molar-refractivity contribution >= 4 is 5.91 Å². The zero-order chi connectivity index (χ0) is 33.0. The van der Waals surface area contributed by atoms with E-state index in [0.29, 0.717) is 59.1 Å². The number of morpholine rings is 1. The highest BCUT2D eigenvalue weighted by Gasteiger charge is 2.32. The van der Waals surface area contributed by atoms with E-state index in [1.165, 1.54) is 5.56 Å². The van der Waals surface area contributed by atoms with Gasteiger partial charge in [0, 0.05) is 25.7 Å². The van der Waals surface area contributed by atoms with Crippen LogP contribution >= 0.6 is 0 Å². The Morgan fingerprint density at radius 1 is 0.896 bits per heavy atom. The highest BCUT2D eigenvalue weighted by Crippen LogP contribution is 2.33. The first kappa shape index (κ1) is 33.8. The summed E-state index contributed by atoms with van der Waals surface area (Å²) in [5, 5.41) is 15.0. The van der Waals surface area contributed by atoms with Gasteiger partial charge in [0.15, 0.2) is 0 Å². The third kappa shape index (κ3) is 9.30. The molecule has 8 heteroatoms. The molecule has 2 N–H and O–H groups in total. The van der Waals surface area contributed by atoms with Crippen molar-refractivity contribution in [1.82, 2.24) is 10.2 Å². The number of carbonyl (C=O) groups excluding carboxylic acids is 1. The second-order valence-corrected chi connectivity index (χ2v) is 12.4. The Balaban J connectivity index is 1.10. The number of aliphatic hydroxyl groups is 1. The molecular weight excluding hydrogens is 604 g/mol. The molecule has 4 aromatic carbocycles. The lowest BCUT2D eigenvalue weighted by molar-refractivity contribution is -0.143. The molecule has 8 nitrogen and oxygen atoms in total. The van der Waals surface area contributed by atoms with Gasteiger partial charge in [0.05, 0.1) is 38.6 Å². The van der Waals surface area contributed by atoms with E-state index in [0.717, 1.165) is 46.4 Å². The van der Waals surface area contributed by atoms with E-state index in [9.17, 15) is 9.90 Å². The van der Waals surface area contributed by atoms with Crippen molar-refractivity contribution in [1.29, 1.82) is 0 Å². The summed E-state index contributed by atoms with van der Waals surface area (Å²) in [6, 6.07) is 34.4. The molecule has 6 rings (SSSR count). The number of carbonyl (C=O) groups is 1. The highest BCUT2D eigenvalue weighted by atomic mass is 16.5. The van der Waals surface area contributed by atoms with Crippen molar-refractivity contribution < 1.29 is 28.8 Å². The first-order valence-corrected chi connectivity index (χ1v) is 17.0. The number of nitrogens with zero attached hydrogens (tertiary/aromatic N) is 1. The first-order chi connectivity index (χ1) is 23.6. The van der Waals surface area contributed by atoms with Gasteiger partial charge in [-0.25, -0.2) is 0 Å². The molecule has 0 radical (unpaired) electrons. The molecule has 1 aliphatic heterocycles. The molecule has 0 aromatic heterocycles. The summed E-state index contributed by atoms with van der Waals surface area (Å²) >= 11 is 0. The Bertz CT molecular complexity index is 1580. The molecule has 2 aliphatic rings. The summed E-state index contributed by atoms with van der Waals surface area (Å²) in [6.45, 7) is 4.18. The van der Waals surface area contributed by atoms with Gasteiger partial charge in [0.1, 0.15) is 19.0 Å². The van der Waals surface area contributed by atoms with Gasteiger partial charge in [-0.15, -0.1) is 0 Å². The Kier molecular flexibility index (Phi) is 12.2. The highest BCUT2D eigenvalue weighted by molar-refractivity contribution is 5.77. The summed E-state index contributed by atoms with van der Waals surface area (Å²) in [6.07, 6.45) is 1.36. The second kappa shape index (κ2) is 17.4. The second-order valence-electron chi connectivity index (χ2n) is 12.4. The van der Waals surface area contributed by atoms with Crippen LogP contribution in [0.15, 0.2) is 103 Å². The van der Waals surface area contributed by atoms with Crippen molar-refractivity contribution in [3.05, 3.63) is 137 Å². The molecule has 0 spiro atoms. The molecule has 3 atom stereocenters. The van der Waals surface area contributed by atoms with Crippen molar-refractivity contribution in [3.63, 3.8) is 0 Å². The van der Waals surface area contributed by atoms with Crippen molar-refractivity contribution in [2.24, 2.45) is 0 Å². The molecule has 0 bridgehead atoms. The molecule has 252 valence electrons. The maximum atomic E-state index is 12.9. The fourth-order valence-electron chi connectivity index (χ4n) is 6.40. The molecule has 0 saturated carbocycles. The topological polar surface area (TPSA) is 89.5 Å². The maximum Gasteiger partial charge on any atom is 0.248 e. The number of amides is 1. The average molecular weight is 651 g/mol. The fourth-order valence-corrected chi connectivity index (χ4v) is 6.40. The van der Waals surface area contributed by atoms with Gasteiger partial charge in [0.2, 0.25) is 5.91 Å². The van der Waals surface area contributed by atoms with Crippen LogP contribution in [0.3, 0.4) is 0 Å². The number of nitrogens with one attached hydrogen (secondary N) is 1. The van der Waals surface area contributed by atoms with Crippen molar-refractivity contribution in [2.45, 2.75) is 50.7 Å². The maximum absolute atomic E-state index is 12.9. The van der Waals surface area contributed by atoms with Gasteiger partial charge in [-0.3, -0.25) is 4.79 Å². The van der Waals surface area contributed by atoms with Crippen LogP contribution in [-0.2, 0) is 45.1 Å². The van der Waals surface area contributed by atoms with Crippen LogP contribution in [0.5, 0.6) is 5.75 Å². The number of aliphatic hydroxyl groups excluding tert-OH is 1. The van der Waals surface area contributed by atoms with E-state index in [1.54, 1.807) is 0 Å². The van der Waals surface area contributed by atoms with Gasteiger partial charge in [-0.1, -0.05) is 91.0 Å². The largest absolute Gasteiger partial charge is 0.489 e. The number of aryl methyl sites for hydroxylation is 1. The van der Waals surface area contributed by atoms with Crippen LogP contribution in [0, 0.1) is 0 Å². The van der Waals surface area contributed by atoms with E-state index in [1.807, 2.05) is 83.8 Å². The monoisotopic (exact) mass is 650 g/mol. The minimum absolute atomic E-state index is 0.0138. The fraction of sp³-hybridized carbons (Fsp3) is 0.375. The molecule has 1 aliphatic carbocycles. The number of ether oxygens (including phenoxy) is 4. The molecule has 1 fully saturated rings. The number of hydrogen-bond donors (Lipinski definition) is 2. The van der Waals surface area contributed by atoms with Gasteiger partial charge in [-0.05, 0) is 64.8 Å². The van der Waals surface area contributed by atoms with E-state index in [2.05, 4.69) is 29.6 Å². The van der Waals surface area contributed by atoms with E-state index >= 15 is 0 Å². The zero-order valence-electron chi connectivity index (χ0n) is 27.5. The van der Waals surface area contributed by atoms with Crippen LogP contribution in [0.1, 0.15) is 52.0 Å². The molecule has 48 heavy (non-hydrogen) atoms. The molecule has 1 heterocycles. The lowest BCUT2D eigenvalue weighted by atomic mass is 9.85. The Hall–Kier alpha value is -4.05. The Morgan fingerprint density at radius 3 is 2.38 bits per heavy atom. The number of fused-ring (bicyclic) bond motifs is 1. The predicted octanol–water partition coefficient (Wildman–Crippen LogP) is 5.58. The Labute approximate surface area is 283 Å². The van der Waals surface area contributed by atoms with Gasteiger partial charge in [-0.2, -0.15) is 0 Å². The number of benzene rings is 4. The SMILES string of the molecule is O=C(COC1c2ccccc2CC[C@@H]1NC[C@H](O)c1ccc(OCc2ccccc2)c(CCOCc2ccccc2)c1)N1CCOCC1.